The maximum atomic E-state index is 13.6. The molecule has 1 atom stereocenters. The molecule has 0 radical (unpaired) electrons. The summed E-state index contributed by atoms with van der Waals surface area (Å²) in [6.07, 6.45) is 0.878. The average Bonchev–Trinajstić information content (AvgIpc) is 2.93. The maximum Gasteiger partial charge on any atom is 0.272 e. The standard InChI is InChI=1S/C25H20N2O3S/c1-2-15-11-13-16(14-12-15)27-24(29)21-22(17-7-3-5-9-19(17)28)26-18-8-4-6-10-20(18)31-23(21)25(27)30/h3-14,22,26,28H,2H2,1H3/t22-/m0/s1. The number of hydrogen-bond acceptors (Lipinski definition) is 5. The van der Waals surface area contributed by atoms with E-state index < -0.39 is 6.04 Å². The Bertz CT molecular complexity index is 1230. The molecule has 0 aromatic heterocycles. The number of thioether (sulfide) groups is 1. The van der Waals surface area contributed by atoms with Crippen LogP contribution in [0.15, 0.2) is 88.2 Å². The van der Waals surface area contributed by atoms with E-state index in [0.29, 0.717) is 21.7 Å². The lowest BCUT2D eigenvalue weighted by Crippen LogP contribution is -2.33. The summed E-state index contributed by atoms with van der Waals surface area (Å²) in [5, 5.41) is 13.9. The van der Waals surface area contributed by atoms with E-state index >= 15 is 0 Å². The van der Waals surface area contributed by atoms with Gasteiger partial charge in [-0.1, -0.05) is 61.2 Å². The molecule has 2 heterocycles. The smallest absolute Gasteiger partial charge is 0.272 e. The van der Waals surface area contributed by atoms with E-state index in [1.807, 2.05) is 54.6 Å². The lowest BCUT2D eigenvalue weighted by Gasteiger charge is -2.23. The van der Waals surface area contributed by atoms with E-state index in [0.717, 1.165) is 22.6 Å². The van der Waals surface area contributed by atoms with Crippen molar-refractivity contribution in [2.24, 2.45) is 0 Å². The number of nitrogens with one attached hydrogen (secondary N) is 1. The SMILES string of the molecule is CCc1ccc(N2C(=O)C3=C(C2=O)[C@H](c2ccccc2O)Nc2ccccc2S3)cc1. The number of rotatable bonds is 3. The zero-order chi connectivity index (χ0) is 21.5. The van der Waals surface area contributed by atoms with Crippen molar-refractivity contribution in [3.8, 4) is 5.75 Å². The number of imide groups is 1. The molecule has 2 aliphatic rings. The fraction of sp³-hybridized carbons (Fsp3) is 0.120. The molecule has 0 bridgehead atoms. The van der Waals surface area contributed by atoms with Gasteiger partial charge in [0.2, 0.25) is 0 Å². The zero-order valence-electron chi connectivity index (χ0n) is 16.8. The molecule has 3 aromatic carbocycles. The van der Waals surface area contributed by atoms with Gasteiger partial charge in [0.15, 0.2) is 0 Å². The molecule has 5 rings (SSSR count). The third-order valence-electron chi connectivity index (χ3n) is 5.61. The molecule has 6 heteroatoms. The Morgan fingerprint density at radius 3 is 2.39 bits per heavy atom. The predicted octanol–water partition coefficient (Wildman–Crippen LogP) is 5.04. The lowest BCUT2D eigenvalue weighted by atomic mass is 9.97. The summed E-state index contributed by atoms with van der Waals surface area (Å²) in [4.78, 5) is 29.6. The molecular formula is C25H20N2O3S. The number of amides is 2. The summed E-state index contributed by atoms with van der Waals surface area (Å²) in [7, 11) is 0. The third kappa shape index (κ3) is 3.20. The van der Waals surface area contributed by atoms with Gasteiger partial charge in [-0.05, 0) is 42.3 Å². The Labute approximate surface area is 184 Å². The van der Waals surface area contributed by atoms with Crippen molar-refractivity contribution in [2.45, 2.75) is 24.3 Å². The summed E-state index contributed by atoms with van der Waals surface area (Å²) in [5.41, 5.74) is 3.40. The average molecular weight is 429 g/mol. The number of benzene rings is 3. The monoisotopic (exact) mass is 428 g/mol. The highest BCUT2D eigenvalue weighted by atomic mass is 32.2. The first-order valence-electron chi connectivity index (χ1n) is 10.1. The molecule has 154 valence electrons. The Morgan fingerprint density at radius 2 is 1.65 bits per heavy atom. The number of aryl methyl sites for hydroxylation is 1. The molecule has 31 heavy (non-hydrogen) atoms. The topological polar surface area (TPSA) is 69.6 Å². The van der Waals surface area contributed by atoms with Crippen molar-refractivity contribution in [3.05, 3.63) is 94.4 Å². The molecule has 5 nitrogen and oxygen atoms in total. The molecular weight excluding hydrogens is 408 g/mol. The molecule has 0 fully saturated rings. The van der Waals surface area contributed by atoms with Crippen LogP contribution in [-0.2, 0) is 16.0 Å². The predicted molar refractivity (Wildman–Crippen MR) is 122 cm³/mol. The number of fused-ring (bicyclic) bond motifs is 1. The van der Waals surface area contributed by atoms with Crippen LogP contribution >= 0.6 is 11.8 Å². The van der Waals surface area contributed by atoms with Gasteiger partial charge in [-0.3, -0.25) is 9.59 Å². The van der Waals surface area contributed by atoms with E-state index in [9.17, 15) is 14.7 Å². The first kappa shape index (κ1) is 19.5. The number of para-hydroxylation sites is 2. The van der Waals surface area contributed by atoms with Crippen molar-refractivity contribution in [3.63, 3.8) is 0 Å². The van der Waals surface area contributed by atoms with E-state index in [4.69, 9.17) is 0 Å². The fourth-order valence-electron chi connectivity index (χ4n) is 3.97. The number of phenolic OH excluding ortho intramolecular Hbond substituents is 1. The summed E-state index contributed by atoms with van der Waals surface area (Å²) in [6.45, 7) is 2.06. The van der Waals surface area contributed by atoms with Gasteiger partial charge in [-0.2, -0.15) is 0 Å². The van der Waals surface area contributed by atoms with E-state index in [1.54, 1.807) is 18.2 Å². The Hall–Kier alpha value is -3.51. The van der Waals surface area contributed by atoms with Crippen molar-refractivity contribution in [2.75, 3.05) is 10.2 Å². The van der Waals surface area contributed by atoms with E-state index in [1.165, 1.54) is 16.7 Å². The highest BCUT2D eigenvalue weighted by Gasteiger charge is 2.45. The molecule has 0 aliphatic carbocycles. The normalized spacial score (nSPS) is 17.8. The van der Waals surface area contributed by atoms with Gasteiger partial charge in [0.05, 0.1) is 22.2 Å². The van der Waals surface area contributed by atoms with E-state index in [-0.39, 0.29) is 17.6 Å². The molecule has 2 N–H and O–H groups in total. The molecule has 0 unspecified atom stereocenters. The molecule has 2 amide bonds. The van der Waals surface area contributed by atoms with Crippen LogP contribution < -0.4 is 10.2 Å². The Kier molecular flexibility index (Phi) is 4.79. The fourth-order valence-corrected chi connectivity index (χ4v) is 5.07. The summed E-state index contributed by atoms with van der Waals surface area (Å²) >= 11 is 1.29. The van der Waals surface area contributed by atoms with Crippen molar-refractivity contribution < 1.29 is 14.7 Å². The number of nitrogens with zero attached hydrogens (tertiary/aromatic N) is 1. The highest BCUT2D eigenvalue weighted by Crippen LogP contribution is 2.49. The number of hydrogen-bond donors (Lipinski definition) is 2. The third-order valence-corrected chi connectivity index (χ3v) is 6.79. The van der Waals surface area contributed by atoms with Crippen LogP contribution in [0, 0.1) is 0 Å². The van der Waals surface area contributed by atoms with Crippen molar-refractivity contribution in [1.29, 1.82) is 0 Å². The number of anilines is 2. The second-order valence-corrected chi connectivity index (χ2v) is 8.50. The summed E-state index contributed by atoms with van der Waals surface area (Å²) < 4.78 is 0. The molecule has 0 saturated carbocycles. The number of aromatic hydroxyl groups is 1. The van der Waals surface area contributed by atoms with Gasteiger partial charge in [-0.15, -0.1) is 0 Å². The van der Waals surface area contributed by atoms with Crippen LogP contribution in [0.4, 0.5) is 11.4 Å². The van der Waals surface area contributed by atoms with Crippen LogP contribution in [0.3, 0.4) is 0 Å². The Morgan fingerprint density at radius 1 is 0.935 bits per heavy atom. The minimum Gasteiger partial charge on any atom is -0.508 e. The second kappa shape index (κ2) is 7.63. The summed E-state index contributed by atoms with van der Waals surface area (Å²) in [5.74, 6) is -0.638. The van der Waals surface area contributed by atoms with Gasteiger partial charge in [0.25, 0.3) is 11.8 Å². The van der Waals surface area contributed by atoms with Crippen molar-refractivity contribution in [1.82, 2.24) is 0 Å². The van der Waals surface area contributed by atoms with Crippen LogP contribution in [0.2, 0.25) is 0 Å². The lowest BCUT2D eigenvalue weighted by molar-refractivity contribution is -0.120. The molecule has 3 aromatic rings. The van der Waals surface area contributed by atoms with Gasteiger partial charge in [-0.25, -0.2) is 4.90 Å². The van der Waals surface area contributed by atoms with Gasteiger partial charge in [0, 0.05) is 16.1 Å². The minimum absolute atomic E-state index is 0.0715. The quantitative estimate of drug-likeness (QED) is 0.572. The second-order valence-electron chi connectivity index (χ2n) is 7.44. The van der Waals surface area contributed by atoms with Crippen LogP contribution in [-0.4, -0.2) is 16.9 Å². The molecule has 0 saturated heterocycles. The number of phenols is 1. The van der Waals surface area contributed by atoms with Gasteiger partial charge < -0.3 is 10.4 Å². The first-order chi connectivity index (χ1) is 15.1. The first-order valence-corrected chi connectivity index (χ1v) is 10.9. The van der Waals surface area contributed by atoms with E-state index in [2.05, 4.69) is 12.2 Å². The van der Waals surface area contributed by atoms with Crippen molar-refractivity contribution >= 4 is 35.0 Å². The molecule has 0 spiro atoms. The summed E-state index contributed by atoms with van der Waals surface area (Å²) in [6, 6.07) is 21.4. The molecule has 2 aliphatic heterocycles. The zero-order valence-corrected chi connectivity index (χ0v) is 17.6. The number of carbonyl (C=O) groups excluding carboxylic acids is 2. The number of carbonyl (C=O) groups is 2. The van der Waals surface area contributed by atoms with Gasteiger partial charge in [0.1, 0.15) is 5.75 Å². The highest BCUT2D eigenvalue weighted by molar-refractivity contribution is 8.04. The van der Waals surface area contributed by atoms with Crippen LogP contribution in [0.25, 0.3) is 0 Å². The van der Waals surface area contributed by atoms with Crippen LogP contribution in [0.5, 0.6) is 5.75 Å². The Balaban J connectivity index is 1.65. The largest absolute Gasteiger partial charge is 0.508 e. The maximum absolute atomic E-state index is 13.6. The van der Waals surface area contributed by atoms with Gasteiger partial charge >= 0.3 is 0 Å². The minimum atomic E-state index is -0.649. The van der Waals surface area contributed by atoms with Crippen LogP contribution in [0.1, 0.15) is 24.1 Å².